The summed E-state index contributed by atoms with van der Waals surface area (Å²) in [6.45, 7) is 2.47. The maximum Gasteiger partial charge on any atom is 0.238 e. The molecule has 1 heterocycles. The Balaban J connectivity index is 1.85. The molecule has 0 bridgehead atoms. The van der Waals surface area contributed by atoms with E-state index in [1.807, 2.05) is 0 Å². The number of carbonyl (C=O) groups is 1. The van der Waals surface area contributed by atoms with Gasteiger partial charge in [0.15, 0.2) is 0 Å². The number of nitrogens with zero attached hydrogens (tertiary/aromatic N) is 1. The monoisotopic (exact) mass is 295 g/mol. The molecule has 1 amide bonds. The van der Waals surface area contributed by atoms with Gasteiger partial charge in [-0.05, 0) is 44.1 Å². The number of benzene rings is 1. The van der Waals surface area contributed by atoms with Gasteiger partial charge >= 0.3 is 0 Å². The summed E-state index contributed by atoms with van der Waals surface area (Å²) in [7, 11) is 0. The van der Waals surface area contributed by atoms with E-state index in [1.165, 1.54) is 32.1 Å². The number of rotatable bonds is 3. The van der Waals surface area contributed by atoms with Gasteiger partial charge in [-0.25, -0.2) is 0 Å². The Labute approximate surface area is 125 Å². The van der Waals surface area contributed by atoms with Gasteiger partial charge in [-0.2, -0.15) is 0 Å². The molecule has 1 fully saturated rings. The van der Waals surface area contributed by atoms with Gasteiger partial charge in [0, 0.05) is 5.69 Å². The standard InChI is InChI=1S/C15H22ClN3O/c16-13-7-6-12(10-14(13)17)18-15(20)11-19-8-4-2-1-3-5-9-19/h6-7,10H,1-5,8-9,11,17H2,(H,18,20). The van der Waals surface area contributed by atoms with Gasteiger partial charge in [0.05, 0.1) is 17.3 Å². The predicted molar refractivity (Wildman–Crippen MR) is 84.0 cm³/mol. The van der Waals surface area contributed by atoms with Crippen molar-refractivity contribution in [2.75, 3.05) is 30.7 Å². The summed E-state index contributed by atoms with van der Waals surface area (Å²) < 4.78 is 0. The Morgan fingerprint density at radius 1 is 1.20 bits per heavy atom. The number of amides is 1. The van der Waals surface area contributed by atoms with E-state index < -0.39 is 0 Å². The van der Waals surface area contributed by atoms with Crippen LogP contribution >= 0.6 is 11.6 Å². The van der Waals surface area contributed by atoms with E-state index in [0.717, 1.165) is 13.1 Å². The fraction of sp³-hybridized carbons (Fsp3) is 0.533. The number of halogens is 1. The fourth-order valence-electron chi connectivity index (χ4n) is 2.50. The molecule has 20 heavy (non-hydrogen) atoms. The molecule has 1 aromatic rings. The number of carbonyl (C=O) groups excluding carboxylic acids is 1. The number of hydrogen-bond acceptors (Lipinski definition) is 3. The zero-order valence-corrected chi connectivity index (χ0v) is 12.5. The van der Waals surface area contributed by atoms with Crippen molar-refractivity contribution in [3.63, 3.8) is 0 Å². The van der Waals surface area contributed by atoms with Gasteiger partial charge in [0.1, 0.15) is 0 Å². The Morgan fingerprint density at radius 2 is 1.85 bits per heavy atom. The van der Waals surface area contributed by atoms with Crippen molar-refractivity contribution in [1.82, 2.24) is 4.90 Å². The van der Waals surface area contributed by atoms with Crippen molar-refractivity contribution in [3.8, 4) is 0 Å². The van der Waals surface area contributed by atoms with Crippen molar-refractivity contribution in [2.24, 2.45) is 0 Å². The van der Waals surface area contributed by atoms with Crippen molar-refractivity contribution in [3.05, 3.63) is 23.2 Å². The maximum absolute atomic E-state index is 12.0. The van der Waals surface area contributed by atoms with E-state index >= 15 is 0 Å². The van der Waals surface area contributed by atoms with Crippen LogP contribution in [0.4, 0.5) is 11.4 Å². The predicted octanol–water partition coefficient (Wildman–Crippen LogP) is 3.13. The second-order valence-electron chi connectivity index (χ2n) is 5.33. The third-order valence-electron chi connectivity index (χ3n) is 3.60. The molecule has 2 rings (SSSR count). The van der Waals surface area contributed by atoms with Crippen molar-refractivity contribution < 1.29 is 4.79 Å². The summed E-state index contributed by atoms with van der Waals surface area (Å²) in [6.07, 6.45) is 6.23. The molecule has 0 saturated carbocycles. The average Bonchev–Trinajstić information content (AvgIpc) is 2.37. The summed E-state index contributed by atoms with van der Waals surface area (Å²) >= 11 is 5.86. The average molecular weight is 296 g/mol. The molecule has 4 nitrogen and oxygen atoms in total. The van der Waals surface area contributed by atoms with Gasteiger partial charge in [-0.1, -0.05) is 30.9 Å². The van der Waals surface area contributed by atoms with Crippen LogP contribution in [0.2, 0.25) is 5.02 Å². The second kappa shape index (κ2) is 7.50. The van der Waals surface area contributed by atoms with Crippen LogP contribution in [-0.2, 0) is 4.79 Å². The van der Waals surface area contributed by atoms with E-state index in [1.54, 1.807) is 18.2 Å². The zero-order valence-electron chi connectivity index (χ0n) is 11.7. The minimum Gasteiger partial charge on any atom is -0.397 e. The first-order valence-corrected chi connectivity index (χ1v) is 7.60. The van der Waals surface area contributed by atoms with Crippen LogP contribution in [-0.4, -0.2) is 30.4 Å². The molecule has 0 radical (unpaired) electrons. The molecule has 0 unspecified atom stereocenters. The van der Waals surface area contributed by atoms with Crippen molar-refractivity contribution >= 4 is 28.9 Å². The number of nitrogens with one attached hydrogen (secondary N) is 1. The zero-order chi connectivity index (χ0) is 14.4. The SMILES string of the molecule is Nc1cc(NC(=O)CN2CCCCCCC2)ccc1Cl. The molecule has 1 saturated heterocycles. The molecule has 0 atom stereocenters. The minimum atomic E-state index is 0.00676. The van der Waals surface area contributed by atoms with E-state index in [4.69, 9.17) is 17.3 Å². The fourth-order valence-corrected chi connectivity index (χ4v) is 2.61. The van der Waals surface area contributed by atoms with Crippen LogP contribution in [0.15, 0.2) is 18.2 Å². The van der Waals surface area contributed by atoms with Crippen molar-refractivity contribution in [1.29, 1.82) is 0 Å². The van der Waals surface area contributed by atoms with Crippen molar-refractivity contribution in [2.45, 2.75) is 32.1 Å². The molecule has 1 aliphatic rings. The summed E-state index contributed by atoms with van der Waals surface area (Å²) in [5.41, 5.74) is 6.91. The normalized spacial score (nSPS) is 17.2. The maximum atomic E-state index is 12.0. The van der Waals surface area contributed by atoms with Gasteiger partial charge < -0.3 is 11.1 Å². The van der Waals surface area contributed by atoms with Crippen LogP contribution in [0.1, 0.15) is 32.1 Å². The highest BCUT2D eigenvalue weighted by Gasteiger charge is 2.12. The summed E-state index contributed by atoms with van der Waals surface area (Å²) in [5, 5.41) is 3.38. The number of likely N-dealkylation sites (tertiary alicyclic amines) is 1. The number of hydrogen-bond donors (Lipinski definition) is 2. The Bertz CT molecular complexity index is 456. The van der Waals surface area contributed by atoms with E-state index in [2.05, 4.69) is 10.2 Å². The highest BCUT2D eigenvalue weighted by Crippen LogP contribution is 2.22. The second-order valence-corrected chi connectivity index (χ2v) is 5.74. The smallest absolute Gasteiger partial charge is 0.238 e. The molecule has 5 heteroatoms. The van der Waals surface area contributed by atoms with E-state index in [0.29, 0.717) is 22.9 Å². The Hall–Kier alpha value is -1.26. The molecule has 0 spiro atoms. The molecule has 110 valence electrons. The van der Waals surface area contributed by atoms with E-state index in [9.17, 15) is 4.79 Å². The van der Waals surface area contributed by atoms with Gasteiger partial charge in [0.2, 0.25) is 5.91 Å². The van der Waals surface area contributed by atoms with Crippen LogP contribution in [0.5, 0.6) is 0 Å². The first-order chi connectivity index (χ1) is 9.65. The van der Waals surface area contributed by atoms with Crippen LogP contribution in [0, 0.1) is 0 Å². The van der Waals surface area contributed by atoms with Crippen LogP contribution in [0.3, 0.4) is 0 Å². The number of nitrogen functional groups attached to an aromatic ring is 1. The Kier molecular flexibility index (Phi) is 5.68. The lowest BCUT2D eigenvalue weighted by Crippen LogP contribution is -2.35. The molecular weight excluding hydrogens is 274 g/mol. The van der Waals surface area contributed by atoms with Gasteiger partial charge in [-0.3, -0.25) is 9.69 Å². The summed E-state index contributed by atoms with van der Waals surface area (Å²) in [6, 6.07) is 5.15. The molecule has 1 aliphatic heterocycles. The first kappa shape index (κ1) is 15.1. The molecule has 0 aliphatic carbocycles. The lowest BCUT2D eigenvalue weighted by Gasteiger charge is -2.23. The largest absolute Gasteiger partial charge is 0.397 e. The van der Waals surface area contributed by atoms with Gasteiger partial charge in [0.25, 0.3) is 0 Å². The lowest BCUT2D eigenvalue weighted by molar-refractivity contribution is -0.117. The van der Waals surface area contributed by atoms with Gasteiger partial charge in [-0.15, -0.1) is 0 Å². The Morgan fingerprint density at radius 3 is 2.50 bits per heavy atom. The van der Waals surface area contributed by atoms with Crippen LogP contribution < -0.4 is 11.1 Å². The molecule has 1 aromatic carbocycles. The highest BCUT2D eigenvalue weighted by molar-refractivity contribution is 6.33. The van der Waals surface area contributed by atoms with Crippen LogP contribution in [0.25, 0.3) is 0 Å². The van der Waals surface area contributed by atoms with E-state index in [-0.39, 0.29) is 5.91 Å². The first-order valence-electron chi connectivity index (χ1n) is 7.22. The quantitative estimate of drug-likeness (QED) is 0.842. The number of nitrogens with two attached hydrogens (primary N) is 1. The third-order valence-corrected chi connectivity index (χ3v) is 3.94. The summed E-state index contributed by atoms with van der Waals surface area (Å²) in [5.74, 6) is 0.00676. The minimum absolute atomic E-state index is 0.00676. The molecular formula is C15H22ClN3O. The lowest BCUT2D eigenvalue weighted by atomic mass is 10.1. The number of anilines is 2. The highest BCUT2D eigenvalue weighted by atomic mass is 35.5. The summed E-state index contributed by atoms with van der Waals surface area (Å²) in [4.78, 5) is 14.3. The molecule has 3 N–H and O–H groups in total. The topological polar surface area (TPSA) is 58.4 Å². The third kappa shape index (κ3) is 4.69. The molecule has 0 aromatic heterocycles.